The van der Waals surface area contributed by atoms with Gasteiger partial charge in [0.15, 0.2) is 0 Å². The summed E-state index contributed by atoms with van der Waals surface area (Å²) in [6.45, 7) is 0. The Balaban J connectivity index is 3.20. The Kier molecular flexibility index (Phi) is 3.28. The normalized spacial score (nSPS) is 9.73. The average molecular weight is 343 g/mol. The maximum Gasteiger partial charge on any atom is 0.229 e. The molecule has 0 amide bonds. The molecule has 0 unspecified atom stereocenters. The van der Waals surface area contributed by atoms with Gasteiger partial charge in [-0.15, -0.1) is 0 Å². The van der Waals surface area contributed by atoms with Gasteiger partial charge in [0.1, 0.15) is 0 Å². The first-order valence-electron chi connectivity index (χ1n) is 2.76. The van der Waals surface area contributed by atoms with Crippen LogP contribution in [0.1, 0.15) is 10.4 Å². The number of hydrogen-bond donors (Lipinski definition) is 0. The smallest absolute Gasteiger partial charge is 0.229 e. The maximum atomic E-state index is 10.8. The first kappa shape index (κ1) is 9.42. The van der Waals surface area contributed by atoms with Crippen LogP contribution in [0.25, 0.3) is 0 Å². The molecule has 0 atom stereocenters. The highest BCUT2D eigenvalue weighted by molar-refractivity contribution is 9.18. The predicted molar refractivity (Wildman–Crippen MR) is 55.1 cm³/mol. The molecule has 0 aromatic heterocycles. The molecule has 0 fully saturated rings. The van der Waals surface area contributed by atoms with E-state index in [1.807, 2.05) is 12.1 Å². The summed E-state index contributed by atoms with van der Waals surface area (Å²) >= 11 is 9.43. The maximum absolute atomic E-state index is 10.8. The standard InChI is InChI=1S/C7H3Br3O/c8-4-1-2-5(7(10)11)6(9)3-4/h1-3H. The molecule has 4 heteroatoms. The van der Waals surface area contributed by atoms with E-state index < -0.39 is 0 Å². The van der Waals surface area contributed by atoms with Gasteiger partial charge in [0, 0.05) is 14.5 Å². The fourth-order valence-electron chi connectivity index (χ4n) is 0.649. The lowest BCUT2D eigenvalue weighted by atomic mass is 10.2. The molecule has 1 nitrogen and oxygen atoms in total. The highest BCUT2D eigenvalue weighted by Gasteiger charge is 2.05. The fraction of sp³-hybridized carbons (Fsp3) is 0. The van der Waals surface area contributed by atoms with Crippen molar-refractivity contribution in [3.05, 3.63) is 32.7 Å². The summed E-state index contributed by atoms with van der Waals surface area (Å²) in [4.78, 5) is 10.8. The molecule has 1 aromatic carbocycles. The Hall–Kier alpha value is 0.330. The SMILES string of the molecule is O=C(Br)c1ccc(Br)cc1Br. The second-order valence-corrected chi connectivity index (χ2v) is 4.39. The van der Waals surface area contributed by atoms with Crippen LogP contribution in [0, 0.1) is 0 Å². The van der Waals surface area contributed by atoms with Gasteiger partial charge in [-0.1, -0.05) is 15.9 Å². The second kappa shape index (κ2) is 3.83. The summed E-state index contributed by atoms with van der Waals surface area (Å²) in [5.74, 6) is 0. The van der Waals surface area contributed by atoms with Gasteiger partial charge in [0.2, 0.25) is 4.69 Å². The lowest BCUT2D eigenvalue weighted by molar-refractivity contribution is 0.109. The largest absolute Gasteiger partial charge is 0.281 e. The van der Waals surface area contributed by atoms with E-state index in [2.05, 4.69) is 47.8 Å². The summed E-state index contributed by atoms with van der Waals surface area (Å²) in [5.41, 5.74) is 0.633. The van der Waals surface area contributed by atoms with E-state index in [0.29, 0.717) is 5.56 Å². The van der Waals surface area contributed by atoms with E-state index in [-0.39, 0.29) is 4.69 Å². The molecule has 0 bridgehead atoms. The van der Waals surface area contributed by atoms with Gasteiger partial charge in [0.05, 0.1) is 0 Å². The first-order valence-corrected chi connectivity index (χ1v) is 5.14. The molecule has 0 spiro atoms. The molecule has 0 heterocycles. The summed E-state index contributed by atoms with van der Waals surface area (Å²) in [7, 11) is 0. The van der Waals surface area contributed by atoms with Crippen molar-refractivity contribution in [1.82, 2.24) is 0 Å². The minimum atomic E-state index is -0.114. The van der Waals surface area contributed by atoms with Gasteiger partial charge >= 0.3 is 0 Å². The zero-order valence-electron chi connectivity index (χ0n) is 5.27. The molecule has 0 saturated heterocycles. The third-order valence-corrected chi connectivity index (χ3v) is 2.72. The summed E-state index contributed by atoms with van der Waals surface area (Å²) in [6, 6.07) is 5.39. The first-order chi connectivity index (χ1) is 5.11. The molecule has 1 rings (SSSR count). The monoisotopic (exact) mass is 340 g/mol. The number of carbonyl (C=O) groups is 1. The van der Waals surface area contributed by atoms with Gasteiger partial charge in [-0.05, 0) is 50.1 Å². The van der Waals surface area contributed by atoms with E-state index in [0.717, 1.165) is 8.95 Å². The zero-order valence-corrected chi connectivity index (χ0v) is 10.0. The Morgan fingerprint density at radius 3 is 2.36 bits per heavy atom. The van der Waals surface area contributed by atoms with Gasteiger partial charge in [-0.25, -0.2) is 0 Å². The van der Waals surface area contributed by atoms with Crippen LogP contribution in [0.15, 0.2) is 27.1 Å². The van der Waals surface area contributed by atoms with E-state index in [1.165, 1.54) is 0 Å². The molecule has 0 radical (unpaired) electrons. The van der Waals surface area contributed by atoms with Gasteiger partial charge in [0.25, 0.3) is 0 Å². The molecule has 0 aliphatic heterocycles. The minimum absolute atomic E-state index is 0.114. The molecular weight excluding hydrogens is 340 g/mol. The Morgan fingerprint density at radius 2 is 1.91 bits per heavy atom. The van der Waals surface area contributed by atoms with Gasteiger partial charge < -0.3 is 0 Å². The van der Waals surface area contributed by atoms with Crippen molar-refractivity contribution in [3.8, 4) is 0 Å². The van der Waals surface area contributed by atoms with Gasteiger partial charge in [-0.2, -0.15) is 0 Å². The lowest BCUT2D eigenvalue weighted by Crippen LogP contribution is -1.88. The van der Waals surface area contributed by atoms with Crippen LogP contribution < -0.4 is 0 Å². The second-order valence-electron chi connectivity index (χ2n) is 1.90. The van der Waals surface area contributed by atoms with E-state index in [9.17, 15) is 4.79 Å². The van der Waals surface area contributed by atoms with Crippen molar-refractivity contribution in [1.29, 1.82) is 0 Å². The van der Waals surface area contributed by atoms with Crippen LogP contribution in [-0.4, -0.2) is 4.69 Å². The molecule has 0 aliphatic carbocycles. The number of hydrogen-bond acceptors (Lipinski definition) is 1. The molecule has 0 N–H and O–H groups in total. The highest BCUT2D eigenvalue weighted by Crippen LogP contribution is 2.23. The van der Waals surface area contributed by atoms with Gasteiger partial charge in [-0.3, -0.25) is 4.79 Å². The van der Waals surface area contributed by atoms with Crippen molar-refractivity contribution >= 4 is 52.5 Å². The third kappa shape index (κ3) is 2.39. The van der Waals surface area contributed by atoms with Crippen LogP contribution in [0.5, 0.6) is 0 Å². The average Bonchev–Trinajstić information content (AvgIpc) is 1.85. The molecule has 1 aromatic rings. The van der Waals surface area contributed by atoms with Crippen molar-refractivity contribution in [3.63, 3.8) is 0 Å². The number of carbonyl (C=O) groups excluding carboxylic acids is 1. The van der Waals surface area contributed by atoms with Crippen LogP contribution in [0.4, 0.5) is 0 Å². The summed E-state index contributed by atoms with van der Waals surface area (Å²) < 4.78 is 1.62. The fourth-order valence-corrected chi connectivity index (χ4v) is 2.49. The highest BCUT2D eigenvalue weighted by atomic mass is 79.9. The Morgan fingerprint density at radius 1 is 1.27 bits per heavy atom. The Bertz CT molecular complexity index is 296. The van der Waals surface area contributed by atoms with Crippen LogP contribution in [0.3, 0.4) is 0 Å². The van der Waals surface area contributed by atoms with Crippen LogP contribution in [0.2, 0.25) is 0 Å². The summed E-state index contributed by atoms with van der Waals surface area (Å²) in [5, 5.41) is 0. The quantitative estimate of drug-likeness (QED) is 0.710. The predicted octanol–water partition coefficient (Wildman–Crippen LogP) is 3.75. The lowest BCUT2D eigenvalue weighted by Gasteiger charge is -1.97. The molecule has 0 saturated carbocycles. The van der Waals surface area contributed by atoms with E-state index >= 15 is 0 Å². The zero-order chi connectivity index (χ0) is 8.43. The molecule has 0 aliphatic rings. The minimum Gasteiger partial charge on any atom is -0.281 e. The van der Waals surface area contributed by atoms with E-state index in [1.54, 1.807) is 6.07 Å². The molecule has 11 heavy (non-hydrogen) atoms. The van der Waals surface area contributed by atoms with Crippen LogP contribution >= 0.6 is 47.8 Å². The van der Waals surface area contributed by atoms with Crippen molar-refractivity contribution in [2.24, 2.45) is 0 Å². The topological polar surface area (TPSA) is 17.1 Å². The third-order valence-electron chi connectivity index (χ3n) is 1.14. The Labute approximate surface area is 89.6 Å². The van der Waals surface area contributed by atoms with Crippen molar-refractivity contribution < 1.29 is 4.79 Å². The summed E-state index contributed by atoms with van der Waals surface area (Å²) in [6.07, 6.45) is 0. The molecule has 58 valence electrons. The molecular formula is C7H3Br3O. The van der Waals surface area contributed by atoms with E-state index in [4.69, 9.17) is 0 Å². The van der Waals surface area contributed by atoms with Crippen LogP contribution in [-0.2, 0) is 0 Å². The van der Waals surface area contributed by atoms with Crippen molar-refractivity contribution in [2.45, 2.75) is 0 Å². The number of halogens is 3. The number of benzene rings is 1. The van der Waals surface area contributed by atoms with Crippen molar-refractivity contribution in [2.75, 3.05) is 0 Å². The number of rotatable bonds is 1.